The molecule has 0 aromatic carbocycles. The molecule has 2 aliphatic rings. The second-order valence-corrected chi connectivity index (χ2v) is 4.56. The van der Waals surface area contributed by atoms with E-state index in [-0.39, 0.29) is 12.2 Å². The largest absolute Gasteiger partial charge is 0.444 e. The van der Waals surface area contributed by atoms with Gasteiger partial charge in [0.2, 0.25) is 0 Å². The summed E-state index contributed by atoms with van der Waals surface area (Å²) in [6, 6.07) is 0. The molecular formula is C11H19NO3. The number of carbonyl (C=O) groups excluding carboxylic acids is 1. The molecular weight excluding hydrogens is 194 g/mol. The van der Waals surface area contributed by atoms with Crippen LogP contribution < -0.4 is 0 Å². The topological polar surface area (TPSA) is 38.8 Å². The van der Waals surface area contributed by atoms with Gasteiger partial charge < -0.3 is 14.4 Å². The van der Waals surface area contributed by atoms with Crippen LogP contribution in [0.15, 0.2) is 0 Å². The number of hydrogen-bond donors (Lipinski definition) is 0. The fourth-order valence-corrected chi connectivity index (χ4v) is 2.12. The van der Waals surface area contributed by atoms with Gasteiger partial charge in [0.25, 0.3) is 0 Å². The van der Waals surface area contributed by atoms with E-state index in [0.717, 1.165) is 39.0 Å². The van der Waals surface area contributed by atoms with Crippen molar-refractivity contribution >= 4 is 6.09 Å². The highest BCUT2D eigenvalue weighted by Crippen LogP contribution is 2.18. The summed E-state index contributed by atoms with van der Waals surface area (Å²) in [4.78, 5) is 13.5. The summed E-state index contributed by atoms with van der Waals surface area (Å²) < 4.78 is 10.7. The van der Waals surface area contributed by atoms with Gasteiger partial charge in [-0.2, -0.15) is 0 Å². The molecule has 1 amide bonds. The lowest BCUT2D eigenvalue weighted by atomic mass is 10.2. The first kappa shape index (κ1) is 10.7. The Morgan fingerprint density at radius 3 is 2.93 bits per heavy atom. The Morgan fingerprint density at radius 2 is 2.33 bits per heavy atom. The molecule has 0 bridgehead atoms. The van der Waals surface area contributed by atoms with E-state index < -0.39 is 0 Å². The van der Waals surface area contributed by atoms with Crippen LogP contribution in [0.5, 0.6) is 0 Å². The SMILES string of the molecule is CC1CCN(C(=O)OC2CCCOC2)C1. The molecule has 4 heteroatoms. The van der Waals surface area contributed by atoms with E-state index in [1.807, 2.05) is 0 Å². The van der Waals surface area contributed by atoms with E-state index in [0.29, 0.717) is 12.5 Å². The van der Waals surface area contributed by atoms with Gasteiger partial charge in [-0.15, -0.1) is 0 Å². The third-order valence-electron chi connectivity index (χ3n) is 3.07. The fourth-order valence-electron chi connectivity index (χ4n) is 2.12. The predicted molar refractivity (Wildman–Crippen MR) is 55.7 cm³/mol. The molecule has 2 atom stereocenters. The molecule has 4 nitrogen and oxygen atoms in total. The van der Waals surface area contributed by atoms with Crippen molar-refractivity contribution in [3.05, 3.63) is 0 Å². The van der Waals surface area contributed by atoms with Crippen molar-refractivity contribution in [2.24, 2.45) is 5.92 Å². The molecule has 2 unspecified atom stereocenters. The minimum absolute atomic E-state index is 0.0258. The number of rotatable bonds is 1. The monoisotopic (exact) mass is 213 g/mol. The second-order valence-electron chi connectivity index (χ2n) is 4.56. The van der Waals surface area contributed by atoms with Crippen LogP contribution in [0.3, 0.4) is 0 Å². The number of likely N-dealkylation sites (tertiary alicyclic amines) is 1. The van der Waals surface area contributed by atoms with Crippen LogP contribution >= 0.6 is 0 Å². The first-order valence-corrected chi connectivity index (χ1v) is 5.79. The van der Waals surface area contributed by atoms with Crippen molar-refractivity contribution in [2.75, 3.05) is 26.3 Å². The predicted octanol–water partition coefficient (Wildman–Crippen LogP) is 1.64. The molecule has 2 heterocycles. The van der Waals surface area contributed by atoms with Gasteiger partial charge in [0.1, 0.15) is 6.10 Å². The Kier molecular flexibility index (Phi) is 3.46. The van der Waals surface area contributed by atoms with Gasteiger partial charge in [0, 0.05) is 19.7 Å². The Bertz CT molecular complexity index is 226. The van der Waals surface area contributed by atoms with Gasteiger partial charge >= 0.3 is 6.09 Å². The lowest BCUT2D eigenvalue weighted by Crippen LogP contribution is -2.35. The highest BCUT2D eigenvalue weighted by molar-refractivity contribution is 5.68. The standard InChI is InChI=1S/C11H19NO3/c1-9-4-5-12(7-9)11(13)15-10-3-2-6-14-8-10/h9-10H,2-8H2,1H3. The minimum atomic E-state index is -0.158. The molecule has 86 valence electrons. The molecule has 2 aliphatic heterocycles. The van der Waals surface area contributed by atoms with Crippen molar-refractivity contribution in [1.29, 1.82) is 0 Å². The average molecular weight is 213 g/mol. The van der Waals surface area contributed by atoms with Crippen LogP contribution in [0.4, 0.5) is 4.79 Å². The molecule has 0 saturated carbocycles. The molecule has 2 rings (SSSR count). The van der Waals surface area contributed by atoms with E-state index in [4.69, 9.17) is 9.47 Å². The molecule has 0 aliphatic carbocycles. The van der Waals surface area contributed by atoms with Crippen molar-refractivity contribution < 1.29 is 14.3 Å². The Hall–Kier alpha value is -0.770. The van der Waals surface area contributed by atoms with E-state index in [2.05, 4.69) is 6.92 Å². The third kappa shape index (κ3) is 2.84. The van der Waals surface area contributed by atoms with Gasteiger partial charge in [-0.25, -0.2) is 4.79 Å². The highest BCUT2D eigenvalue weighted by atomic mass is 16.6. The molecule has 0 spiro atoms. The smallest absolute Gasteiger partial charge is 0.410 e. The molecule has 15 heavy (non-hydrogen) atoms. The zero-order valence-electron chi connectivity index (χ0n) is 9.28. The maximum atomic E-state index is 11.7. The summed E-state index contributed by atoms with van der Waals surface area (Å²) >= 11 is 0. The molecule has 0 N–H and O–H groups in total. The molecule has 0 aromatic rings. The van der Waals surface area contributed by atoms with E-state index >= 15 is 0 Å². The summed E-state index contributed by atoms with van der Waals surface area (Å²) in [5.41, 5.74) is 0. The number of nitrogens with zero attached hydrogens (tertiary/aromatic N) is 1. The maximum absolute atomic E-state index is 11.7. The Balaban J connectivity index is 1.76. The van der Waals surface area contributed by atoms with Gasteiger partial charge in [-0.3, -0.25) is 0 Å². The van der Waals surface area contributed by atoms with Crippen LogP contribution in [0.25, 0.3) is 0 Å². The highest BCUT2D eigenvalue weighted by Gasteiger charge is 2.27. The summed E-state index contributed by atoms with van der Waals surface area (Å²) in [6.45, 7) is 5.21. The Morgan fingerprint density at radius 1 is 1.47 bits per heavy atom. The van der Waals surface area contributed by atoms with Crippen molar-refractivity contribution in [1.82, 2.24) is 4.90 Å². The lowest BCUT2D eigenvalue weighted by molar-refractivity contribution is -0.0256. The maximum Gasteiger partial charge on any atom is 0.410 e. The van der Waals surface area contributed by atoms with Crippen LogP contribution in [-0.2, 0) is 9.47 Å². The van der Waals surface area contributed by atoms with Crippen LogP contribution in [0, 0.1) is 5.92 Å². The average Bonchev–Trinajstić information content (AvgIpc) is 2.66. The van der Waals surface area contributed by atoms with Crippen molar-refractivity contribution in [3.8, 4) is 0 Å². The number of hydrogen-bond acceptors (Lipinski definition) is 3. The zero-order valence-corrected chi connectivity index (χ0v) is 9.28. The fraction of sp³-hybridized carbons (Fsp3) is 0.909. The first-order valence-electron chi connectivity index (χ1n) is 5.79. The number of carbonyl (C=O) groups is 1. The quantitative estimate of drug-likeness (QED) is 0.664. The summed E-state index contributed by atoms with van der Waals surface area (Å²) in [7, 11) is 0. The van der Waals surface area contributed by atoms with Gasteiger partial charge in [0.15, 0.2) is 0 Å². The normalized spacial score (nSPS) is 31.7. The van der Waals surface area contributed by atoms with Gasteiger partial charge in [-0.05, 0) is 25.2 Å². The minimum Gasteiger partial charge on any atom is -0.444 e. The second kappa shape index (κ2) is 4.84. The van der Waals surface area contributed by atoms with Gasteiger partial charge in [0.05, 0.1) is 6.61 Å². The van der Waals surface area contributed by atoms with Crippen LogP contribution in [-0.4, -0.2) is 43.4 Å². The van der Waals surface area contributed by atoms with Gasteiger partial charge in [-0.1, -0.05) is 6.92 Å². The van der Waals surface area contributed by atoms with Crippen LogP contribution in [0.2, 0.25) is 0 Å². The lowest BCUT2D eigenvalue weighted by Gasteiger charge is -2.25. The molecule has 2 saturated heterocycles. The van der Waals surface area contributed by atoms with Crippen LogP contribution in [0.1, 0.15) is 26.2 Å². The molecule has 2 fully saturated rings. The molecule has 0 aromatic heterocycles. The Labute approximate surface area is 90.5 Å². The van der Waals surface area contributed by atoms with Crippen molar-refractivity contribution in [3.63, 3.8) is 0 Å². The zero-order chi connectivity index (χ0) is 10.7. The van der Waals surface area contributed by atoms with E-state index in [1.165, 1.54) is 0 Å². The molecule has 0 radical (unpaired) electrons. The van der Waals surface area contributed by atoms with E-state index in [1.54, 1.807) is 4.90 Å². The van der Waals surface area contributed by atoms with E-state index in [9.17, 15) is 4.79 Å². The van der Waals surface area contributed by atoms with Crippen molar-refractivity contribution in [2.45, 2.75) is 32.3 Å². The third-order valence-corrected chi connectivity index (χ3v) is 3.07. The summed E-state index contributed by atoms with van der Waals surface area (Å²) in [6.07, 6.45) is 2.84. The first-order chi connectivity index (χ1) is 7.25. The summed E-state index contributed by atoms with van der Waals surface area (Å²) in [5.74, 6) is 0.611. The summed E-state index contributed by atoms with van der Waals surface area (Å²) in [5, 5.41) is 0. The number of amides is 1. The number of ether oxygens (including phenoxy) is 2.